The van der Waals surface area contributed by atoms with Crippen molar-refractivity contribution in [3.05, 3.63) is 0 Å². The normalized spacial score (nSPS) is 13.0. The van der Waals surface area contributed by atoms with E-state index >= 15 is 0 Å². The van der Waals surface area contributed by atoms with Gasteiger partial charge in [0.2, 0.25) is 0 Å². The number of hydrogen-bond donors (Lipinski definition) is 0. The lowest BCUT2D eigenvalue weighted by Gasteiger charge is -2.36. The summed E-state index contributed by atoms with van der Waals surface area (Å²) in [6.45, 7) is 12.5. The van der Waals surface area contributed by atoms with Gasteiger partial charge in [0.25, 0.3) is 0 Å². The number of rotatable bonds is 4. The van der Waals surface area contributed by atoms with Gasteiger partial charge < -0.3 is 0 Å². The van der Waals surface area contributed by atoms with E-state index in [0.717, 1.165) is 6.54 Å². The van der Waals surface area contributed by atoms with Gasteiger partial charge in [-0.05, 0) is 26.7 Å². The quantitative estimate of drug-likeness (QED) is 0.637. The highest BCUT2D eigenvalue weighted by molar-refractivity contribution is 4.76. The third-order valence-corrected chi connectivity index (χ3v) is 1.90. The number of nitrogens with zero attached hydrogens (tertiary/aromatic N) is 1. The van der Waals surface area contributed by atoms with E-state index < -0.39 is 0 Å². The summed E-state index contributed by atoms with van der Waals surface area (Å²) in [5.74, 6) is 0.635. The molecular formula is C10H22NO. The van der Waals surface area contributed by atoms with Gasteiger partial charge in [0, 0.05) is 18.6 Å². The fourth-order valence-electron chi connectivity index (χ4n) is 1.25. The largest absolute Gasteiger partial charge is 0.296 e. The molecule has 0 aromatic rings. The molecule has 0 heterocycles. The second-order valence-electron chi connectivity index (χ2n) is 4.71. The third-order valence-electron chi connectivity index (χ3n) is 1.90. The van der Waals surface area contributed by atoms with Crippen molar-refractivity contribution in [3.63, 3.8) is 0 Å². The molecule has 2 heteroatoms. The van der Waals surface area contributed by atoms with Gasteiger partial charge in [-0.2, -0.15) is 0 Å². The Kier molecular flexibility index (Phi) is 4.80. The van der Waals surface area contributed by atoms with Crippen molar-refractivity contribution in [1.82, 2.24) is 4.90 Å². The fraction of sp³-hybridized carbons (Fsp3) is 1.00. The first-order valence-corrected chi connectivity index (χ1v) is 4.71. The van der Waals surface area contributed by atoms with Crippen molar-refractivity contribution in [2.75, 3.05) is 19.7 Å². The zero-order valence-corrected chi connectivity index (χ0v) is 9.05. The van der Waals surface area contributed by atoms with E-state index in [1.165, 1.54) is 0 Å². The molecule has 1 radical (unpaired) electrons. The summed E-state index contributed by atoms with van der Waals surface area (Å²) < 4.78 is 0. The van der Waals surface area contributed by atoms with Gasteiger partial charge in [0.05, 0.1) is 6.61 Å². The lowest BCUT2D eigenvalue weighted by atomic mass is 10.0. The minimum atomic E-state index is 0.00396. The predicted molar refractivity (Wildman–Crippen MR) is 51.7 cm³/mol. The minimum Gasteiger partial charge on any atom is -0.296 e. The third kappa shape index (κ3) is 4.73. The van der Waals surface area contributed by atoms with Crippen LogP contribution in [0.3, 0.4) is 0 Å². The first-order valence-electron chi connectivity index (χ1n) is 4.71. The minimum absolute atomic E-state index is 0.00396. The van der Waals surface area contributed by atoms with Crippen LogP contribution in [-0.4, -0.2) is 30.1 Å². The summed E-state index contributed by atoms with van der Waals surface area (Å²) in [5, 5.41) is 10.5. The molecule has 0 aromatic carbocycles. The molecule has 0 N–H and O–H groups in total. The van der Waals surface area contributed by atoms with Gasteiger partial charge in [-0.15, -0.1) is 0 Å². The molecule has 0 fully saturated rings. The molecule has 12 heavy (non-hydrogen) atoms. The summed E-state index contributed by atoms with van der Waals surface area (Å²) in [4.78, 5) is 2.25. The first-order chi connectivity index (χ1) is 5.38. The van der Waals surface area contributed by atoms with Crippen LogP contribution in [0.1, 0.15) is 34.6 Å². The van der Waals surface area contributed by atoms with Crippen molar-refractivity contribution < 1.29 is 5.11 Å². The van der Waals surface area contributed by atoms with Gasteiger partial charge in [0.15, 0.2) is 0 Å². The van der Waals surface area contributed by atoms with E-state index in [0.29, 0.717) is 12.5 Å². The van der Waals surface area contributed by atoms with Gasteiger partial charge in [0.1, 0.15) is 0 Å². The van der Waals surface area contributed by atoms with E-state index in [4.69, 9.17) is 0 Å². The van der Waals surface area contributed by atoms with Crippen molar-refractivity contribution in [3.8, 4) is 0 Å². The summed E-state index contributed by atoms with van der Waals surface area (Å²) in [6.07, 6.45) is 0. The van der Waals surface area contributed by atoms with E-state index in [1.807, 2.05) is 0 Å². The molecule has 0 unspecified atom stereocenters. The molecular weight excluding hydrogens is 150 g/mol. The van der Waals surface area contributed by atoms with Crippen molar-refractivity contribution in [2.24, 2.45) is 5.92 Å². The zero-order valence-electron chi connectivity index (χ0n) is 9.05. The van der Waals surface area contributed by atoms with Crippen LogP contribution < -0.4 is 0 Å². The average molecular weight is 172 g/mol. The highest BCUT2D eigenvalue weighted by Gasteiger charge is 2.20. The summed E-state index contributed by atoms with van der Waals surface area (Å²) in [7, 11) is 0. The van der Waals surface area contributed by atoms with Crippen LogP contribution in [0, 0.1) is 5.92 Å². The molecule has 0 bridgehead atoms. The Balaban J connectivity index is 4.04. The Bertz CT molecular complexity index is 115. The maximum atomic E-state index is 10.5. The van der Waals surface area contributed by atoms with Crippen LogP contribution in [0.5, 0.6) is 0 Å². The Morgan fingerprint density at radius 1 is 1.25 bits per heavy atom. The maximum absolute atomic E-state index is 10.5. The molecule has 73 valence electrons. The van der Waals surface area contributed by atoms with Crippen molar-refractivity contribution in [1.29, 1.82) is 0 Å². The monoisotopic (exact) mass is 172 g/mol. The maximum Gasteiger partial charge on any atom is 0.0949 e. The van der Waals surface area contributed by atoms with Crippen molar-refractivity contribution in [2.45, 2.75) is 40.2 Å². The molecule has 0 amide bonds. The molecule has 0 saturated heterocycles. The highest BCUT2D eigenvalue weighted by atomic mass is 16.3. The van der Waals surface area contributed by atoms with Gasteiger partial charge in [-0.25, -0.2) is 5.11 Å². The van der Waals surface area contributed by atoms with E-state index in [-0.39, 0.29) is 12.1 Å². The van der Waals surface area contributed by atoms with Gasteiger partial charge in [-0.3, -0.25) is 4.90 Å². The molecule has 0 spiro atoms. The topological polar surface area (TPSA) is 23.1 Å². The lowest BCUT2D eigenvalue weighted by molar-refractivity contribution is 0.0717. The SMILES string of the molecule is CC(C)CN(CC[O])C(C)(C)C. The molecule has 0 atom stereocenters. The molecule has 0 aliphatic carbocycles. The molecule has 2 nitrogen and oxygen atoms in total. The zero-order chi connectivity index (χ0) is 9.78. The van der Waals surface area contributed by atoms with E-state index in [1.54, 1.807) is 0 Å². The Morgan fingerprint density at radius 2 is 1.75 bits per heavy atom. The fourth-order valence-corrected chi connectivity index (χ4v) is 1.25. The molecule has 0 aliphatic rings. The second-order valence-corrected chi connectivity index (χ2v) is 4.71. The van der Waals surface area contributed by atoms with E-state index in [2.05, 4.69) is 39.5 Å². The Labute approximate surface area is 76.6 Å². The molecule has 0 aromatic heterocycles. The Hall–Kier alpha value is -0.0800. The summed E-state index contributed by atoms with van der Waals surface area (Å²) in [6, 6.07) is 0. The molecule has 0 saturated carbocycles. The second kappa shape index (κ2) is 4.83. The van der Waals surface area contributed by atoms with Crippen LogP contribution in [0.15, 0.2) is 0 Å². The number of hydrogen-bond acceptors (Lipinski definition) is 1. The highest BCUT2D eigenvalue weighted by Crippen LogP contribution is 2.14. The molecule has 0 aliphatic heterocycles. The van der Waals surface area contributed by atoms with Crippen molar-refractivity contribution >= 4 is 0 Å². The molecule has 0 rings (SSSR count). The predicted octanol–water partition coefficient (Wildman–Crippen LogP) is 2.17. The summed E-state index contributed by atoms with van der Waals surface area (Å²) in [5.41, 5.74) is 0.134. The Morgan fingerprint density at radius 3 is 2.00 bits per heavy atom. The van der Waals surface area contributed by atoms with Crippen LogP contribution in [-0.2, 0) is 5.11 Å². The van der Waals surface area contributed by atoms with Gasteiger partial charge in [-0.1, -0.05) is 13.8 Å². The van der Waals surface area contributed by atoms with E-state index in [9.17, 15) is 5.11 Å². The smallest absolute Gasteiger partial charge is 0.0949 e. The van der Waals surface area contributed by atoms with Gasteiger partial charge >= 0.3 is 0 Å². The summed E-state index contributed by atoms with van der Waals surface area (Å²) >= 11 is 0. The lowest BCUT2D eigenvalue weighted by Crippen LogP contribution is -2.44. The van der Waals surface area contributed by atoms with Crippen LogP contribution in [0.4, 0.5) is 0 Å². The first kappa shape index (κ1) is 11.9. The van der Waals surface area contributed by atoms with Crippen LogP contribution >= 0.6 is 0 Å². The standard InChI is InChI=1S/C10H22NO/c1-9(2)8-11(6-7-12)10(3,4)5/h9H,6-8H2,1-5H3. The van der Waals surface area contributed by atoms with Crippen LogP contribution in [0.25, 0.3) is 0 Å². The van der Waals surface area contributed by atoms with Crippen LogP contribution in [0.2, 0.25) is 0 Å². The average Bonchev–Trinajstić information content (AvgIpc) is 1.83.